The second-order valence-electron chi connectivity index (χ2n) is 7.18. The molecule has 0 unspecified atom stereocenters. The normalized spacial score (nSPS) is 11.7. The molecule has 0 spiro atoms. The number of hydrogen-bond donors (Lipinski definition) is 0. The Morgan fingerprint density at radius 2 is 1.19 bits per heavy atom. The van der Waals surface area contributed by atoms with Crippen molar-refractivity contribution in [3.8, 4) is 0 Å². The fourth-order valence-corrected chi connectivity index (χ4v) is 2.80. The molecule has 0 bridgehead atoms. The SMILES string of the molecule is CCCCCCCC(=O)OCCOCCOCCOCCO[Si](C)(C)C. The highest BCUT2D eigenvalue weighted by molar-refractivity contribution is 6.69. The Morgan fingerprint density at radius 3 is 1.73 bits per heavy atom. The van der Waals surface area contributed by atoms with Crippen LogP contribution in [0, 0.1) is 0 Å². The van der Waals surface area contributed by atoms with E-state index in [1.54, 1.807) is 0 Å². The van der Waals surface area contributed by atoms with E-state index in [1.165, 1.54) is 19.3 Å². The number of carbonyl (C=O) groups is 1. The van der Waals surface area contributed by atoms with Gasteiger partial charge in [-0.15, -0.1) is 0 Å². The third kappa shape index (κ3) is 21.6. The Labute approximate surface area is 161 Å². The van der Waals surface area contributed by atoms with Crippen LogP contribution in [-0.2, 0) is 28.2 Å². The molecule has 0 rings (SSSR count). The molecular weight excluding hydrogens is 352 g/mol. The molecular formula is C19H40O6Si. The van der Waals surface area contributed by atoms with Gasteiger partial charge in [0.2, 0.25) is 0 Å². The van der Waals surface area contributed by atoms with Gasteiger partial charge in [-0.3, -0.25) is 4.79 Å². The van der Waals surface area contributed by atoms with E-state index in [9.17, 15) is 4.79 Å². The molecule has 0 aliphatic carbocycles. The van der Waals surface area contributed by atoms with Crippen molar-refractivity contribution in [2.24, 2.45) is 0 Å². The highest BCUT2D eigenvalue weighted by atomic mass is 28.4. The summed E-state index contributed by atoms with van der Waals surface area (Å²) in [5.74, 6) is -0.128. The number of ether oxygens (including phenoxy) is 4. The Bertz CT molecular complexity index is 320. The van der Waals surface area contributed by atoms with E-state index < -0.39 is 8.32 Å². The first-order valence-corrected chi connectivity index (χ1v) is 13.4. The van der Waals surface area contributed by atoms with Crippen LogP contribution in [0.1, 0.15) is 45.4 Å². The first-order chi connectivity index (χ1) is 12.5. The van der Waals surface area contributed by atoms with Crippen LogP contribution in [0.5, 0.6) is 0 Å². The van der Waals surface area contributed by atoms with Crippen molar-refractivity contribution in [1.82, 2.24) is 0 Å². The molecule has 0 atom stereocenters. The summed E-state index contributed by atoms with van der Waals surface area (Å²) in [4.78, 5) is 11.5. The predicted molar refractivity (Wildman–Crippen MR) is 106 cm³/mol. The van der Waals surface area contributed by atoms with Crippen molar-refractivity contribution in [1.29, 1.82) is 0 Å². The summed E-state index contributed by atoms with van der Waals surface area (Å²) in [6.07, 6.45) is 6.18. The number of carbonyl (C=O) groups excluding carboxylic acids is 1. The van der Waals surface area contributed by atoms with Crippen LogP contribution in [-0.4, -0.2) is 67.1 Å². The van der Waals surface area contributed by atoms with Crippen LogP contribution in [0.25, 0.3) is 0 Å². The van der Waals surface area contributed by atoms with E-state index in [0.717, 1.165) is 12.8 Å². The molecule has 0 N–H and O–H groups in total. The molecule has 26 heavy (non-hydrogen) atoms. The number of rotatable bonds is 19. The van der Waals surface area contributed by atoms with Gasteiger partial charge < -0.3 is 23.4 Å². The molecule has 0 fully saturated rings. The van der Waals surface area contributed by atoms with Gasteiger partial charge in [0.25, 0.3) is 0 Å². The number of unbranched alkanes of at least 4 members (excludes halogenated alkanes) is 4. The monoisotopic (exact) mass is 392 g/mol. The summed E-state index contributed by atoms with van der Waals surface area (Å²) in [7, 11) is -1.43. The van der Waals surface area contributed by atoms with E-state index in [0.29, 0.717) is 59.3 Å². The zero-order valence-corrected chi connectivity index (χ0v) is 18.3. The van der Waals surface area contributed by atoms with Crippen molar-refractivity contribution >= 4 is 14.3 Å². The molecule has 0 aromatic heterocycles. The molecule has 0 aromatic carbocycles. The van der Waals surface area contributed by atoms with Crippen LogP contribution in [0.4, 0.5) is 0 Å². The summed E-state index contributed by atoms with van der Waals surface area (Å²) < 4.78 is 27.0. The zero-order valence-electron chi connectivity index (χ0n) is 17.3. The zero-order chi connectivity index (χ0) is 19.5. The molecule has 0 heterocycles. The van der Waals surface area contributed by atoms with E-state index in [2.05, 4.69) is 26.6 Å². The minimum Gasteiger partial charge on any atom is -0.463 e. The van der Waals surface area contributed by atoms with Gasteiger partial charge in [0.1, 0.15) is 6.61 Å². The number of hydrogen-bond acceptors (Lipinski definition) is 6. The lowest BCUT2D eigenvalue weighted by Gasteiger charge is -2.16. The minimum absolute atomic E-state index is 0.128. The van der Waals surface area contributed by atoms with Crippen LogP contribution in [0.15, 0.2) is 0 Å². The maximum Gasteiger partial charge on any atom is 0.305 e. The van der Waals surface area contributed by atoms with Crippen molar-refractivity contribution in [3.05, 3.63) is 0 Å². The van der Waals surface area contributed by atoms with Crippen LogP contribution in [0.3, 0.4) is 0 Å². The second kappa shape index (κ2) is 17.9. The average Bonchev–Trinajstić information content (AvgIpc) is 2.58. The second-order valence-corrected chi connectivity index (χ2v) is 11.7. The number of esters is 1. The van der Waals surface area contributed by atoms with Crippen LogP contribution >= 0.6 is 0 Å². The lowest BCUT2D eigenvalue weighted by atomic mass is 10.1. The minimum atomic E-state index is -1.43. The molecule has 0 saturated carbocycles. The van der Waals surface area contributed by atoms with Crippen molar-refractivity contribution in [2.45, 2.75) is 65.1 Å². The largest absolute Gasteiger partial charge is 0.463 e. The highest BCUT2D eigenvalue weighted by Crippen LogP contribution is 2.05. The van der Waals surface area contributed by atoms with Crippen LogP contribution < -0.4 is 0 Å². The smallest absolute Gasteiger partial charge is 0.305 e. The maximum absolute atomic E-state index is 11.5. The molecule has 6 nitrogen and oxygen atoms in total. The van der Waals surface area contributed by atoms with Gasteiger partial charge in [0.05, 0.1) is 46.2 Å². The summed E-state index contributed by atoms with van der Waals surface area (Å²) in [6, 6.07) is 0. The molecule has 0 saturated heterocycles. The van der Waals surface area contributed by atoms with E-state index in [4.69, 9.17) is 23.4 Å². The average molecular weight is 393 g/mol. The molecule has 0 aliphatic heterocycles. The molecule has 156 valence electrons. The van der Waals surface area contributed by atoms with Crippen molar-refractivity contribution in [2.75, 3.05) is 52.9 Å². The van der Waals surface area contributed by atoms with E-state index in [1.807, 2.05) is 0 Å². The lowest BCUT2D eigenvalue weighted by molar-refractivity contribution is -0.145. The Kier molecular flexibility index (Phi) is 17.6. The van der Waals surface area contributed by atoms with Gasteiger partial charge in [-0.25, -0.2) is 0 Å². The van der Waals surface area contributed by atoms with Gasteiger partial charge in [-0.2, -0.15) is 0 Å². The maximum atomic E-state index is 11.5. The van der Waals surface area contributed by atoms with Gasteiger partial charge in [0.15, 0.2) is 8.32 Å². The predicted octanol–water partition coefficient (Wildman–Crippen LogP) is 3.79. The van der Waals surface area contributed by atoms with Gasteiger partial charge in [-0.05, 0) is 26.1 Å². The Hall–Kier alpha value is -0.473. The summed E-state index contributed by atoms with van der Waals surface area (Å²) in [6.45, 7) is 12.7. The standard InChI is InChI=1S/C19H40O6Si/c1-5-6-7-8-9-10-19(20)24-17-15-22-13-11-21-12-14-23-16-18-25-26(2,3)4/h5-18H2,1-4H3. The first kappa shape index (κ1) is 25.5. The topological polar surface area (TPSA) is 63.2 Å². The van der Waals surface area contributed by atoms with Crippen molar-refractivity contribution < 1.29 is 28.2 Å². The van der Waals surface area contributed by atoms with Crippen LogP contribution in [0.2, 0.25) is 19.6 Å². The van der Waals surface area contributed by atoms with Crippen molar-refractivity contribution in [3.63, 3.8) is 0 Å². The lowest BCUT2D eigenvalue weighted by Crippen LogP contribution is -2.27. The fraction of sp³-hybridized carbons (Fsp3) is 0.947. The van der Waals surface area contributed by atoms with Gasteiger partial charge >= 0.3 is 5.97 Å². The Balaban J connectivity index is 3.16. The third-order valence-electron chi connectivity index (χ3n) is 3.48. The van der Waals surface area contributed by atoms with E-state index in [-0.39, 0.29) is 5.97 Å². The summed E-state index contributed by atoms with van der Waals surface area (Å²) in [5.41, 5.74) is 0. The molecule has 0 amide bonds. The van der Waals surface area contributed by atoms with Gasteiger partial charge in [-0.1, -0.05) is 32.6 Å². The quantitative estimate of drug-likeness (QED) is 0.189. The van der Waals surface area contributed by atoms with E-state index >= 15 is 0 Å². The molecule has 0 aromatic rings. The fourth-order valence-electron chi connectivity index (χ4n) is 2.11. The molecule has 0 radical (unpaired) electrons. The summed E-state index contributed by atoms with van der Waals surface area (Å²) >= 11 is 0. The summed E-state index contributed by atoms with van der Waals surface area (Å²) in [5, 5.41) is 0. The highest BCUT2D eigenvalue weighted by Gasteiger charge is 2.12. The first-order valence-electron chi connectivity index (χ1n) is 9.98. The molecule has 0 aliphatic rings. The third-order valence-corrected chi connectivity index (χ3v) is 4.55. The van der Waals surface area contributed by atoms with Gasteiger partial charge in [0, 0.05) is 6.42 Å². The Morgan fingerprint density at radius 1 is 0.692 bits per heavy atom. The molecule has 7 heteroatoms.